The molecule has 4 N–H and O–H groups in total. The van der Waals surface area contributed by atoms with Gasteiger partial charge in [-0.25, -0.2) is 4.39 Å². The molecule has 6 heteroatoms. The van der Waals surface area contributed by atoms with Crippen molar-refractivity contribution in [1.29, 1.82) is 0 Å². The number of carbonyl (C=O) groups is 2. The van der Waals surface area contributed by atoms with Crippen molar-refractivity contribution in [3.8, 4) is 0 Å². The Balaban J connectivity index is 1.74. The van der Waals surface area contributed by atoms with Crippen LogP contribution in [0.2, 0.25) is 0 Å². The van der Waals surface area contributed by atoms with E-state index in [1.165, 1.54) is 18.2 Å². The highest BCUT2D eigenvalue weighted by atomic mass is 19.1. The fraction of sp³-hybridized carbons (Fsp3) is 0.364. The van der Waals surface area contributed by atoms with Gasteiger partial charge < -0.3 is 16.4 Å². The lowest BCUT2D eigenvalue weighted by atomic mass is 9.84. The normalized spacial score (nSPS) is 19.1. The maximum absolute atomic E-state index is 13.8. The predicted octanol–water partition coefficient (Wildman–Crippen LogP) is 3.63. The van der Waals surface area contributed by atoms with Gasteiger partial charge in [0.2, 0.25) is 0 Å². The summed E-state index contributed by atoms with van der Waals surface area (Å²) in [6, 6.07) is 11.0. The summed E-state index contributed by atoms with van der Waals surface area (Å²) >= 11 is 0. The standard InChI is InChI=1S/C22H26FN3O2/c1-14-10-11-15(21(27)25-19-9-5-2-6-16(19)13-24)12-20(14)26-22(28)17-7-3-4-8-18(17)23/h3-4,7-8,10-12,16,19H,2,5-6,9,13,24H2,1H3,(H,25,27)(H,26,28). The summed E-state index contributed by atoms with van der Waals surface area (Å²) in [5.41, 5.74) is 7.54. The molecule has 5 nitrogen and oxygen atoms in total. The second kappa shape index (κ2) is 8.97. The van der Waals surface area contributed by atoms with E-state index in [1.807, 2.05) is 6.92 Å². The van der Waals surface area contributed by atoms with Gasteiger partial charge in [0.25, 0.3) is 11.8 Å². The van der Waals surface area contributed by atoms with Crippen molar-refractivity contribution in [2.75, 3.05) is 11.9 Å². The maximum atomic E-state index is 13.8. The molecule has 2 atom stereocenters. The number of amides is 2. The van der Waals surface area contributed by atoms with Gasteiger partial charge in [0.15, 0.2) is 0 Å². The van der Waals surface area contributed by atoms with Crippen LogP contribution in [0.25, 0.3) is 0 Å². The molecule has 2 aromatic carbocycles. The molecule has 0 bridgehead atoms. The van der Waals surface area contributed by atoms with Crippen LogP contribution < -0.4 is 16.4 Å². The third-order valence-corrected chi connectivity index (χ3v) is 5.39. The zero-order chi connectivity index (χ0) is 20.1. The van der Waals surface area contributed by atoms with Crippen molar-refractivity contribution in [2.45, 2.75) is 38.6 Å². The van der Waals surface area contributed by atoms with Crippen LogP contribution in [0.4, 0.5) is 10.1 Å². The van der Waals surface area contributed by atoms with Crippen molar-refractivity contribution >= 4 is 17.5 Å². The fourth-order valence-electron chi connectivity index (χ4n) is 3.66. The number of halogens is 1. The van der Waals surface area contributed by atoms with Gasteiger partial charge in [-0.2, -0.15) is 0 Å². The number of nitrogens with one attached hydrogen (secondary N) is 2. The molecule has 1 fully saturated rings. The quantitative estimate of drug-likeness (QED) is 0.737. The van der Waals surface area contributed by atoms with E-state index >= 15 is 0 Å². The summed E-state index contributed by atoms with van der Waals surface area (Å²) in [5, 5.41) is 5.79. The van der Waals surface area contributed by atoms with Gasteiger partial charge in [0, 0.05) is 17.3 Å². The van der Waals surface area contributed by atoms with Crippen LogP contribution in [-0.4, -0.2) is 24.4 Å². The molecule has 1 aliphatic rings. The second-order valence-electron chi connectivity index (χ2n) is 7.32. The molecule has 0 radical (unpaired) electrons. The van der Waals surface area contributed by atoms with Crippen molar-refractivity contribution in [3.63, 3.8) is 0 Å². The lowest BCUT2D eigenvalue weighted by Gasteiger charge is -2.31. The van der Waals surface area contributed by atoms with Gasteiger partial charge in [-0.3, -0.25) is 9.59 Å². The Kier molecular flexibility index (Phi) is 6.41. The van der Waals surface area contributed by atoms with Crippen molar-refractivity contribution < 1.29 is 14.0 Å². The van der Waals surface area contributed by atoms with Crippen LogP contribution in [0.15, 0.2) is 42.5 Å². The third-order valence-electron chi connectivity index (χ3n) is 5.39. The highest BCUT2D eigenvalue weighted by molar-refractivity contribution is 6.05. The number of aryl methyl sites for hydroxylation is 1. The Hall–Kier alpha value is -2.73. The summed E-state index contributed by atoms with van der Waals surface area (Å²) in [5.74, 6) is -1.03. The summed E-state index contributed by atoms with van der Waals surface area (Å²) in [6.07, 6.45) is 4.18. The van der Waals surface area contributed by atoms with Gasteiger partial charge >= 0.3 is 0 Å². The van der Waals surface area contributed by atoms with Gasteiger partial charge in [-0.1, -0.05) is 31.0 Å². The van der Waals surface area contributed by atoms with Crippen LogP contribution in [0.1, 0.15) is 52.0 Å². The van der Waals surface area contributed by atoms with Gasteiger partial charge in [0.1, 0.15) is 5.82 Å². The van der Waals surface area contributed by atoms with Gasteiger partial charge in [-0.05, 0) is 62.1 Å². The Morgan fingerprint density at radius 2 is 1.86 bits per heavy atom. The molecule has 0 aromatic heterocycles. The van der Waals surface area contributed by atoms with E-state index in [-0.39, 0.29) is 17.5 Å². The van der Waals surface area contributed by atoms with E-state index < -0.39 is 11.7 Å². The van der Waals surface area contributed by atoms with Crippen LogP contribution in [0.3, 0.4) is 0 Å². The molecular formula is C22H26FN3O2. The number of benzene rings is 2. The van der Waals surface area contributed by atoms with Crippen LogP contribution in [-0.2, 0) is 0 Å². The molecular weight excluding hydrogens is 357 g/mol. The van der Waals surface area contributed by atoms with Gasteiger partial charge in [0.05, 0.1) is 5.56 Å². The average Bonchev–Trinajstić information content (AvgIpc) is 2.70. The first-order chi connectivity index (χ1) is 13.5. The lowest BCUT2D eigenvalue weighted by molar-refractivity contribution is 0.0907. The number of anilines is 1. The summed E-state index contributed by atoms with van der Waals surface area (Å²) in [6.45, 7) is 2.38. The van der Waals surface area contributed by atoms with E-state index in [4.69, 9.17) is 5.73 Å². The minimum absolute atomic E-state index is 0.0373. The van der Waals surface area contributed by atoms with E-state index in [0.717, 1.165) is 31.2 Å². The maximum Gasteiger partial charge on any atom is 0.258 e. The Bertz CT molecular complexity index is 869. The van der Waals surface area contributed by atoms with Gasteiger partial charge in [-0.15, -0.1) is 0 Å². The minimum Gasteiger partial charge on any atom is -0.349 e. The molecule has 0 aliphatic heterocycles. The molecule has 28 heavy (non-hydrogen) atoms. The number of hydrogen-bond donors (Lipinski definition) is 3. The largest absolute Gasteiger partial charge is 0.349 e. The van der Waals surface area contributed by atoms with Crippen LogP contribution in [0.5, 0.6) is 0 Å². The Morgan fingerprint density at radius 1 is 1.11 bits per heavy atom. The second-order valence-corrected chi connectivity index (χ2v) is 7.32. The van der Waals surface area contributed by atoms with Crippen molar-refractivity contribution in [2.24, 2.45) is 11.7 Å². The number of rotatable bonds is 5. The molecule has 0 heterocycles. The first kappa shape index (κ1) is 20.0. The number of carbonyl (C=O) groups excluding carboxylic acids is 2. The molecule has 2 amide bonds. The lowest BCUT2D eigenvalue weighted by Crippen LogP contribution is -2.44. The first-order valence-electron chi connectivity index (χ1n) is 9.67. The fourth-order valence-corrected chi connectivity index (χ4v) is 3.66. The molecule has 1 saturated carbocycles. The summed E-state index contributed by atoms with van der Waals surface area (Å²) in [7, 11) is 0. The first-order valence-corrected chi connectivity index (χ1v) is 9.67. The topological polar surface area (TPSA) is 84.2 Å². The molecule has 2 unspecified atom stereocenters. The van der Waals surface area contributed by atoms with Crippen LogP contribution in [0, 0.1) is 18.7 Å². The Labute approximate surface area is 164 Å². The summed E-state index contributed by atoms with van der Waals surface area (Å²) < 4.78 is 13.8. The number of hydrogen-bond acceptors (Lipinski definition) is 3. The highest BCUT2D eigenvalue weighted by Crippen LogP contribution is 2.24. The van der Waals surface area contributed by atoms with E-state index in [1.54, 1.807) is 24.3 Å². The van der Waals surface area contributed by atoms with E-state index in [9.17, 15) is 14.0 Å². The molecule has 3 rings (SSSR count). The van der Waals surface area contributed by atoms with Crippen LogP contribution >= 0.6 is 0 Å². The minimum atomic E-state index is -0.586. The van der Waals surface area contributed by atoms with Crippen molar-refractivity contribution in [3.05, 3.63) is 65.0 Å². The molecule has 2 aromatic rings. The average molecular weight is 383 g/mol. The van der Waals surface area contributed by atoms with E-state index in [0.29, 0.717) is 23.7 Å². The smallest absolute Gasteiger partial charge is 0.258 e. The third kappa shape index (κ3) is 4.57. The highest BCUT2D eigenvalue weighted by Gasteiger charge is 2.26. The monoisotopic (exact) mass is 383 g/mol. The predicted molar refractivity (Wildman–Crippen MR) is 108 cm³/mol. The SMILES string of the molecule is Cc1ccc(C(=O)NC2CCCCC2CN)cc1NC(=O)c1ccccc1F. The van der Waals surface area contributed by atoms with Crippen molar-refractivity contribution in [1.82, 2.24) is 5.32 Å². The molecule has 1 aliphatic carbocycles. The zero-order valence-corrected chi connectivity index (χ0v) is 16.0. The Morgan fingerprint density at radius 3 is 2.61 bits per heavy atom. The number of nitrogens with two attached hydrogens (primary N) is 1. The zero-order valence-electron chi connectivity index (χ0n) is 16.0. The molecule has 0 saturated heterocycles. The molecule has 0 spiro atoms. The molecule has 148 valence electrons. The summed E-state index contributed by atoms with van der Waals surface area (Å²) in [4.78, 5) is 25.1. The van der Waals surface area contributed by atoms with E-state index in [2.05, 4.69) is 10.6 Å².